The van der Waals surface area contributed by atoms with Gasteiger partial charge in [0.25, 0.3) is 0 Å². The number of methoxy groups -OCH3 is 1. The number of anilines is 2. The van der Waals surface area contributed by atoms with E-state index >= 15 is 0 Å². The lowest BCUT2D eigenvalue weighted by atomic mass is 10.1. The molecule has 0 aliphatic carbocycles. The van der Waals surface area contributed by atoms with Crippen molar-refractivity contribution >= 4 is 11.6 Å². The highest BCUT2D eigenvalue weighted by molar-refractivity contribution is 5.49. The van der Waals surface area contributed by atoms with Crippen molar-refractivity contribution in [3.8, 4) is 0 Å². The molecule has 2 atom stereocenters. The number of nitrogens with one attached hydrogen (secondary N) is 1. The molecule has 0 radical (unpaired) electrons. The molecule has 2 saturated heterocycles. The van der Waals surface area contributed by atoms with Crippen molar-refractivity contribution in [2.45, 2.75) is 38.0 Å². The van der Waals surface area contributed by atoms with Crippen LogP contribution in [0.4, 0.5) is 11.6 Å². The zero-order chi connectivity index (χ0) is 14.8. The number of hydrogen-bond donors (Lipinski definition) is 2. The third kappa shape index (κ3) is 2.95. The minimum Gasteiger partial charge on any atom is -0.377 e. The summed E-state index contributed by atoms with van der Waals surface area (Å²) in [6.45, 7) is 2.43. The van der Waals surface area contributed by atoms with Gasteiger partial charge < -0.3 is 15.1 Å². The van der Waals surface area contributed by atoms with Crippen molar-refractivity contribution in [1.82, 2.24) is 14.9 Å². The normalized spacial score (nSPS) is 26.0. The summed E-state index contributed by atoms with van der Waals surface area (Å²) in [6.07, 6.45) is 3.78. The van der Waals surface area contributed by atoms with E-state index in [9.17, 15) is 0 Å². The molecule has 0 saturated carbocycles. The van der Waals surface area contributed by atoms with Crippen molar-refractivity contribution in [1.29, 1.82) is 0 Å². The average molecular weight is 292 g/mol. The smallest absolute Gasteiger partial charge is 0.158 e. The van der Waals surface area contributed by atoms with Crippen molar-refractivity contribution in [3.63, 3.8) is 0 Å². The van der Waals surface area contributed by atoms with E-state index in [1.807, 2.05) is 6.07 Å². The monoisotopic (exact) mass is 292 g/mol. The second kappa shape index (κ2) is 6.13. The van der Waals surface area contributed by atoms with E-state index in [1.165, 1.54) is 19.3 Å². The Kier molecular flexibility index (Phi) is 4.23. The van der Waals surface area contributed by atoms with Gasteiger partial charge in [-0.2, -0.15) is 0 Å². The molecule has 1 aromatic rings. The van der Waals surface area contributed by atoms with Crippen LogP contribution in [0.25, 0.3) is 0 Å². The molecule has 7 nitrogen and oxygen atoms in total. The Morgan fingerprint density at radius 1 is 1.33 bits per heavy atom. The van der Waals surface area contributed by atoms with Crippen LogP contribution in [-0.4, -0.2) is 54.2 Å². The highest BCUT2D eigenvalue weighted by atomic mass is 16.5. The Labute approximate surface area is 125 Å². The first-order chi connectivity index (χ1) is 10.2. The Morgan fingerprint density at radius 3 is 2.90 bits per heavy atom. The number of fused-ring (bicyclic) bond motifs is 2. The summed E-state index contributed by atoms with van der Waals surface area (Å²) in [4.78, 5) is 13.8. The summed E-state index contributed by atoms with van der Waals surface area (Å²) in [5, 5.41) is 0. The van der Waals surface area contributed by atoms with Crippen LogP contribution in [-0.2, 0) is 11.3 Å². The minimum absolute atomic E-state index is 0.391. The van der Waals surface area contributed by atoms with E-state index < -0.39 is 0 Å². The van der Waals surface area contributed by atoms with Crippen molar-refractivity contribution < 1.29 is 4.74 Å². The van der Waals surface area contributed by atoms with Gasteiger partial charge in [-0.15, -0.1) is 0 Å². The Balaban J connectivity index is 1.83. The van der Waals surface area contributed by atoms with Gasteiger partial charge in [-0.3, -0.25) is 4.90 Å². The molecule has 0 amide bonds. The zero-order valence-corrected chi connectivity index (χ0v) is 12.7. The third-order valence-corrected chi connectivity index (χ3v) is 4.65. The molecule has 2 unspecified atom stereocenters. The second-order valence-electron chi connectivity index (χ2n) is 5.89. The molecule has 3 rings (SSSR count). The molecule has 0 spiro atoms. The summed E-state index contributed by atoms with van der Waals surface area (Å²) in [6, 6.07) is 3.25. The number of likely N-dealkylation sites (N-methyl/N-ethyl adjacent to an activating group) is 1. The lowest BCUT2D eigenvalue weighted by Gasteiger charge is -2.27. The molecule has 2 bridgehead atoms. The van der Waals surface area contributed by atoms with Crippen molar-refractivity contribution in [3.05, 3.63) is 11.9 Å². The van der Waals surface area contributed by atoms with Crippen molar-refractivity contribution in [2.24, 2.45) is 5.84 Å². The summed E-state index contributed by atoms with van der Waals surface area (Å²) < 4.78 is 5.14. The predicted molar refractivity (Wildman–Crippen MR) is 82.0 cm³/mol. The fourth-order valence-electron chi connectivity index (χ4n) is 3.43. The number of nitrogens with zero attached hydrogens (tertiary/aromatic N) is 4. The maximum absolute atomic E-state index is 5.52. The van der Waals surface area contributed by atoms with E-state index in [-0.39, 0.29) is 0 Å². The number of rotatable bonds is 4. The van der Waals surface area contributed by atoms with E-state index in [0.717, 1.165) is 18.9 Å². The Morgan fingerprint density at radius 2 is 2.14 bits per heavy atom. The van der Waals surface area contributed by atoms with E-state index in [0.29, 0.717) is 30.3 Å². The predicted octanol–water partition coefficient (Wildman–Crippen LogP) is 0.582. The third-order valence-electron chi connectivity index (χ3n) is 4.65. The molecule has 1 aromatic heterocycles. The van der Waals surface area contributed by atoms with Gasteiger partial charge >= 0.3 is 0 Å². The molecule has 3 N–H and O–H groups in total. The van der Waals surface area contributed by atoms with Gasteiger partial charge in [-0.25, -0.2) is 15.8 Å². The largest absolute Gasteiger partial charge is 0.377 e. The first-order valence-electron chi connectivity index (χ1n) is 7.51. The quantitative estimate of drug-likeness (QED) is 0.621. The number of hydrogen-bond acceptors (Lipinski definition) is 7. The first kappa shape index (κ1) is 14.5. The van der Waals surface area contributed by atoms with Crippen LogP contribution in [0.5, 0.6) is 0 Å². The van der Waals surface area contributed by atoms with Crippen LogP contribution in [0.3, 0.4) is 0 Å². The van der Waals surface area contributed by atoms with Gasteiger partial charge in [0.1, 0.15) is 18.2 Å². The lowest BCUT2D eigenvalue weighted by Crippen LogP contribution is -2.37. The van der Waals surface area contributed by atoms with Gasteiger partial charge in [0.15, 0.2) is 5.82 Å². The number of hydrazine groups is 1. The number of nitrogen functional groups attached to an aromatic ring is 1. The molecule has 2 aliphatic heterocycles. The lowest BCUT2D eigenvalue weighted by molar-refractivity contribution is 0.178. The maximum Gasteiger partial charge on any atom is 0.158 e. The van der Waals surface area contributed by atoms with E-state index in [1.54, 1.807) is 7.11 Å². The van der Waals surface area contributed by atoms with E-state index in [2.05, 4.69) is 32.2 Å². The highest BCUT2D eigenvalue weighted by Gasteiger charge is 2.35. The molecule has 21 heavy (non-hydrogen) atoms. The number of ether oxygens (including phenoxy) is 1. The second-order valence-corrected chi connectivity index (χ2v) is 5.89. The highest BCUT2D eigenvalue weighted by Crippen LogP contribution is 2.30. The van der Waals surface area contributed by atoms with Gasteiger partial charge in [0.2, 0.25) is 0 Å². The molecular formula is C14H24N6O. The van der Waals surface area contributed by atoms with Crippen LogP contribution < -0.4 is 16.2 Å². The molecular weight excluding hydrogens is 268 g/mol. The summed E-state index contributed by atoms with van der Waals surface area (Å²) >= 11 is 0. The van der Waals surface area contributed by atoms with E-state index in [4.69, 9.17) is 10.6 Å². The zero-order valence-electron chi connectivity index (χ0n) is 12.7. The summed E-state index contributed by atoms with van der Waals surface area (Å²) in [5.41, 5.74) is 2.62. The number of aromatic nitrogens is 2. The number of nitrogens with two attached hydrogens (primary N) is 1. The van der Waals surface area contributed by atoms with Gasteiger partial charge in [-0.1, -0.05) is 0 Å². The van der Waals surface area contributed by atoms with Crippen LogP contribution in [0.1, 0.15) is 25.1 Å². The van der Waals surface area contributed by atoms with Crippen LogP contribution >= 0.6 is 0 Å². The van der Waals surface area contributed by atoms with Gasteiger partial charge in [0, 0.05) is 38.3 Å². The molecule has 2 aliphatic rings. The SMILES string of the molecule is COCc1nc(NN)cc(N2CCC3CCC(C2)N3C)n1. The molecule has 7 heteroatoms. The average Bonchev–Trinajstić information content (AvgIpc) is 2.72. The topological polar surface area (TPSA) is 79.5 Å². The fourth-order valence-corrected chi connectivity index (χ4v) is 3.43. The summed E-state index contributed by atoms with van der Waals surface area (Å²) in [7, 11) is 3.89. The standard InChI is InChI=1S/C14H24N6O/c1-19-10-3-4-11(19)8-20(6-5-10)14-7-12(18-15)16-13(17-14)9-21-2/h7,10-11H,3-6,8-9,15H2,1-2H3,(H,16,17,18). The van der Waals surface area contributed by atoms with Gasteiger partial charge in [0.05, 0.1) is 0 Å². The van der Waals surface area contributed by atoms with Crippen LogP contribution in [0, 0.1) is 0 Å². The first-order valence-corrected chi connectivity index (χ1v) is 7.51. The molecule has 116 valence electrons. The van der Waals surface area contributed by atoms with Crippen LogP contribution in [0.15, 0.2) is 6.07 Å². The van der Waals surface area contributed by atoms with Crippen molar-refractivity contribution in [2.75, 3.05) is 37.6 Å². The summed E-state index contributed by atoms with van der Waals surface area (Å²) in [5.74, 6) is 7.75. The minimum atomic E-state index is 0.391. The Hall–Kier alpha value is -1.44. The van der Waals surface area contributed by atoms with Gasteiger partial charge in [-0.05, 0) is 26.3 Å². The van der Waals surface area contributed by atoms with Crippen LogP contribution in [0.2, 0.25) is 0 Å². The molecule has 0 aromatic carbocycles. The fraction of sp³-hybridized carbons (Fsp3) is 0.714. The molecule has 2 fully saturated rings. The maximum atomic E-state index is 5.52. The molecule has 3 heterocycles. The Bertz CT molecular complexity index is 496.